The van der Waals surface area contributed by atoms with E-state index >= 15 is 0 Å². The molecule has 0 atom stereocenters. The van der Waals surface area contributed by atoms with E-state index in [-0.39, 0.29) is 11.6 Å². The third kappa shape index (κ3) is 2.46. The van der Waals surface area contributed by atoms with Gasteiger partial charge in [-0.2, -0.15) is 5.10 Å². The van der Waals surface area contributed by atoms with Gasteiger partial charge in [0, 0.05) is 5.38 Å². The van der Waals surface area contributed by atoms with Gasteiger partial charge in [0.25, 0.3) is 10.0 Å². The van der Waals surface area contributed by atoms with Gasteiger partial charge in [0.15, 0.2) is 5.03 Å². The van der Waals surface area contributed by atoms with Gasteiger partial charge in [-0.15, -0.1) is 11.3 Å². The highest BCUT2D eigenvalue weighted by Gasteiger charge is 2.15. The number of aryl methyl sites for hydroxylation is 1. The zero-order chi connectivity index (χ0) is 11.6. The minimum absolute atomic E-state index is 0.0550. The van der Waals surface area contributed by atoms with Gasteiger partial charge in [0.1, 0.15) is 0 Å². The second kappa shape index (κ2) is 4.32. The first kappa shape index (κ1) is 11.2. The molecular formula is C8H10N4O2S2. The molecule has 0 aliphatic heterocycles. The number of nitrogens with zero attached hydrogens (tertiary/aromatic N) is 2. The Morgan fingerprint density at radius 1 is 1.56 bits per heavy atom. The molecule has 16 heavy (non-hydrogen) atoms. The molecule has 0 saturated carbocycles. The van der Waals surface area contributed by atoms with E-state index in [4.69, 9.17) is 0 Å². The van der Waals surface area contributed by atoms with Crippen LogP contribution in [0.1, 0.15) is 10.7 Å². The van der Waals surface area contributed by atoms with Crippen LogP contribution in [0.4, 0.5) is 0 Å². The third-order valence-electron chi connectivity index (χ3n) is 1.87. The van der Waals surface area contributed by atoms with Gasteiger partial charge in [0.2, 0.25) is 0 Å². The van der Waals surface area contributed by atoms with Gasteiger partial charge in [-0.1, -0.05) is 0 Å². The lowest BCUT2D eigenvalue weighted by Gasteiger charge is -2.01. The first-order valence-electron chi connectivity index (χ1n) is 4.48. The molecule has 2 aromatic rings. The zero-order valence-electron chi connectivity index (χ0n) is 8.47. The Balaban J connectivity index is 2.06. The summed E-state index contributed by atoms with van der Waals surface area (Å²) in [5.74, 6) is 0. The van der Waals surface area contributed by atoms with E-state index in [9.17, 15) is 8.42 Å². The summed E-state index contributed by atoms with van der Waals surface area (Å²) in [5, 5.41) is 8.78. The number of thiazole rings is 1. The van der Waals surface area contributed by atoms with Crippen molar-refractivity contribution in [2.24, 2.45) is 0 Å². The standard InChI is InChI=1S/C8H10N4O2S2/c1-6-11-7(5-15-6)4-10-16(13,14)8-2-3-9-12-8/h2-3,5,10H,4H2,1H3,(H,9,12). The maximum Gasteiger partial charge on any atom is 0.257 e. The van der Waals surface area contributed by atoms with Gasteiger partial charge in [-0.05, 0) is 13.0 Å². The largest absolute Gasteiger partial charge is 0.266 e. The molecule has 86 valence electrons. The highest BCUT2D eigenvalue weighted by atomic mass is 32.2. The molecule has 2 N–H and O–H groups in total. The Morgan fingerprint density at radius 2 is 2.38 bits per heavy atom. The quantitative estimate of drug-likeness (QED) is 0.843. The summed E-state index contributed by atoms with van der Waals surface area (Å²) in [6, 6.07) is 1.40. The highest BCUT2D eigenvalue weighted by Crippen LogP contribution is 2.09. The van der Waals surface area contributed by atoms with Crippen molar-refractivity contribution in [2.75, 3.05) is 0 Å². The second-order valence-electron chi connectivity index (χ2n) is 3.10. The Hall–Kier alpha value is -1.25. The van der Waals surface area contributed by atoms with E-state index in [2.05, 4.69) is 19.9 Å². The van der Waals surface area contributed by atoms with E-state index in [0.717, 1.165) is 5.01 Å². The molecule has 2 aromatic heterocycles. The van der Waals surface area contributed by atoms with Crippen LogP contribution in [0.15, 0.2) is 22.7 Å². The molecule has 0 radical (unpaired) electrons. The number of aromatic amines is 1. The molecular weight excluding hydrogens is 248 g/mol. The number of hydrogen-bond donors (Lipinski definition) is 2. The minimum atomic E-state index is -3.51. The molecule has 0 aliphatic carbocycles. The van der Waals surface area contributed by atoms with Crippen molar-refractivity contribution in [1.29, 1.82) is 0 Å². The molecule has 0 amide bonds. The van der Waals surface area contributed by atoms with Crippen molar-refractivity contribution in [3.8, 4) is 0 Å². The SMILES string of the molecule is Cc1nc(CNS(=O)(=O)c2ccn[nH]2)cs1. The van der Waals surface area contributed by atoms with Crippen LogP contribution in [0.2, 0.25) is 0 Å². The van der Waals surface area contributed by atoms with E-state index in [1.807, 2.05) is 12.3 Å². The number of sulfonamides is 1. The lowest BCUT2D eigenvalue weighted by molar-refractivity contribution is 0.576. The van der Waals surface area contributed by atoms with Gasteiger partial charge in [-0.25, -0.2) is 18.1 Å². The number of rotatable bonds is 4. The van der Waals surface area contributed by atoms with E-state index in [0.29, 0.717) is 5.69 Å². The lowest BCUT2D eigenvalue weighted by atomic mass is 10.5. The van der Waals surface area contributed by atoms with Crippen molar-refractivity contribution >= 4 is 21.4 Å². The molecule has 0 aromatic carbocycles. The van der Waals surface area contributed by atoms with Crippen molar-refractivity contribution in [1.82, 2.24) is 19.9 Å². The molecule has 0 spiro atoms. The molecule has 8 heteroatoms. The van der Waals surface area contributed by atoms with Gasteiger partial charge < -0.3 is 0 Å². The molecule has 0 saturated heterocycles. The molecule has 2 rings (SSSR count). The molecule has 0 aliphatic rings. The Morgan fingerprint density at radius 3 is 2.94 bits per heavy atom. The summed E-state index contributed by atoms with van der Waals surface area (Å²) in [6.45, 7) is 2.06. The third-order valence-corrected chi connectivity index (χ3v) is 4.03. The smallest absolute Gasteiger partial charge is 0.257 e. The van der Waals surface area contributed by atoms with Crippen LogP contribution < -0.4 is 4.72 Å². The van der Waals surface area contributed by atoms with Gasteiger partial charge in [-0.3, -0.25) is 5.10 Å². The van der Waals surface area contributed by atoms with E-state index < -0.39 is 10.0 Å². The second-order valence-corrected chi connectivity index (χ2v) is 5.90. The first-order chi connectivity index (χ1) is 7.58. The first-order valence-corrected chi connectivity index (χ1v) is 6.84. The van der Waals surface area contributed by atoms with Crippen LogP contribution in [0.5, 0.6) is 0 Å². The molecule has 0 bridgehead atoms. The van der Waals surface area contributed by atoms with Crippen molar-refractivity contribution in [3.05, 3.63) is 28.3 Å². The summed E-state index contributed by atoms with van der Waals surface area (Å²) in [6.07, 6.45) is 1.39. The van der Waals surface area contributed by atoms with E-state index in [1.54, 1.807) is 0 Å². The van der Waals surface area contributed by atoms with Crippen LogP contribution >= 0.6 is 11.3 Å². The summed E-state index contributed by atoms with van der Waals surface area (Å²) in [5.41, 5.74) is 0.714. The highest BCUT2D eigenvalue weighted by molar-refractivity contribution is 7.89. The van der Waals surface area contributed by atoms with Crippen molar-refractivity contribution in [3.63, 3.8) is 0 Å². The lowest BCUT2D eigenvalue weighted by Crippen LogP contribution is -2.23. The average molecular weight is 258 g/mol. The Labute approximate surface area is 96.8 Å². The number of aromatic nitrogens is 3. The molecule has 0 fully saturated rings. The van der Waals surface area contributed by atoms with Gasteiger partial charge >= 0.3 is 0 Å². The van der Waals surface area contributed by atoms with Crippen LogP contribution in [-0.4, -0.2) is 23.6 Å². The Bertz CT molecular complexity index is 559. The minimum Gasteiger partial charge on any atom is -0.266 e. The van der Waals surface area contributed by atoms with E-state index in [1.165, 1.54) is 23.6 Å². The number of H-pyrrole nitrogens is 1. The fraction of sp³-hybridized carbons (Fsp3) is 0.250. The fourth-order valence-corrected chi connectivity index (χ4v) is 2.65. The molecule has 0 unspecified atom stereocenters. The number of nitrogens with one attached hydrogen (secondary N) is 2. The number of hydrogen-bond acceptors (Lipinski definition) is 5. The maximum absolute atomic E-state index is 11.7. The topological polar surface area (TPSA) is 87.7 Å². The normalized spacial score (nSPS) is 11.8. The van der Waals surface area contributed by atoms with Crippen LogP contribution in [-0.2, 0) is 16.6 Å². The van der Waals surface area contributed by atoms with Crippen molar-refractivity contribution in [2.45, 2.75) is 18.5 Å². The van der Waals surface area contributed by atoms with Gasteiger partial charge in [0.05, 0.1) is 23.4 Å². The monoisotopic (exact) mass is 258 g/mol. The fourth-order valence-electron chi connectivity index (χ4n) is 1.13. The van der Waals surface area contributed by atoms with Crippen LogP contribution in [0, 0.1) is 6.92 Å². The van der Waals surface area contributed by atoms with Crippen molar-refractivity contribution < 1.29 is 8.42 Å². The maximum atomic E-state index is 11.7. The zero-order valence-corrected chi connectivity index (χ0v) is 10.1. The van der Waals surface area contributed by atoms with Crippen LogP contribution in [0.3, 0.4) is 0 Å². The average Bonchev–Trinajstić information content (AvgIpc) is 2.85. The van der Waals surface area contributed by atoms with Crippen LogP contribution in [0.25, 0.3) is 0 Å². The predicted octanol–water partition coefficient (Wildman–Crippen LogP) is 0.653. The predicted molar refractivity (Wildman–Crippen MR) is 59.5 cm³/mol. The summed E-state index contributed by atoms with van der Waals surface area (Å²) in [7, 11) is -3.51. The summed E-state index contributed by atoms with van der Waals surface area (Å²) < 4.78 is 25.8. The molecule has 6 nitrogen and oxygen atoms in total. The molecule has 2 heterocycles. The Kier molecular flexibility index (Phi) is 3.03. The summed E-state index contributed by atoms with van der Waals surface area (Å²) >= 11 is 1.49. The summed E-state index contributed by atoms with van der Waals surface area (Å²) in [4.78, 5) is 4.16.